The van der Waals surface area contributed by atoms with Crippen LogP contribution in [0.1, 0.15) is 19.8 Å². The maximum absolute atomic E-state index is 13.0. The third kappa shape index (κ3) is 2.87. The molecular formula is C15H18FN3O. The van der Waals surface area contributed by atoms with Gasteiger partial charge in [0.2, 0.25) is 0 Å². The van der Waals surface area contributed by atoms with Gasteiger partial charge in [-0.25, -0.2) is 4.39 Å². The first-order valence-corrected chi connectivity index (χ1v) is 6.59. The van der Waals surface area contributed by atoms with Gasteiger partial charge >= 0.3 is 0 Å². The number of hydrogen-bond acceptors (Lipinski definition) is 3. The van der Waals surface area contributed by atoms with E-state index in [-0.39, 0.29) is 11.7 Å². The van der Waals surface area contributed by atoms with E-state index in [0.717, 1.165) is 18.6 Å². The zero-order valence-corrected chi connectivity index (χ0v) is 11.9. The van der Waals surface area contributed by atoms with E-state index in [0.29, 0.717) is 11.3 Å². The first-order valence-electron chi connectivity index (χ1n) is 6.59. The minimum absolute atomic E-state index is 0.172. The van der Waals surface area contributed by atoms with Gasteiger partial charge in [-0.2, -0.15) is 10.1 Å². The number of carbonyl (C=O) groups is 1. The van der Waals surface area contributed by atoms with E-state index in [4.69, 9.17) is 0 Å². The van der Waals surface area contributed by atoms with E-state index >= 15 is 0 Å². The summed E-state index contributed by atoms with van der Waals surface area (Å²) in [5, 5.41) is 5.71. The number of halogens is 1. The van der Waals surface area contributed by atoms with Crippen molar-refractivity contribution in [2.75, 3.05) is 19.1 Å². The maximum Gasteiger partial charge on any atom is 0.282 e. The largest absolute Gasteiger partial charge is 0.383 e. The van der Waals surface area contributed by atoms with Crippen LogP contribution in [0.2, 0.25) is 0 Å². The van der Waals surface area contributed by atoms with Gasteiger partial charge in [0.15, 0.2) is 0 Å². The number of benzene rings is 1. The molecule has 1 aromatic carbocycles. The fourth-order valence-corrected chi connectivity index (χ4v) is 2.02. The predicted octanol–water partition coefficient (Wildman–Crippen LogP) is 2.77. The van der Waals surface area contributed by atoms with E-state index in [1.54, 1.807) is 18.3 Å². The summed E-state index contributed by atoms with van der Waals surface area (Å²) in [6.07, 6.45) is 3.43. The normalized spacial score (nSPS) is 16.8. The van der Waals surface area contributed by atoms with Crippen molar-refractivity contribution >= 4 is 17.3 Å². The fraction of sp³-hybridized carbons (Fsp3) is 0.333. The standard InChI is InChI=1S/C15H18FN3O/c1-4-5-14-13(10-18(2)3)15(20)19(17-14)12-8-6-11(16)7-9-12/h6-10H,4-5H2,1-3H3. The highest BCUT2D eigenvalue weighted by atomic mass is 19.1. The third-order valence-corrected chi connectivity index (χ3v) is 2.90. The minimum atomic E-state index is -0.331. The molecule has 0 saturated heterocycles. The molecule has 1 aliphatic rings. The number of hydrogen-bond donors (Lipinski definition) is 0. The molecule has 106 valence electrons. The van der Waals surface area contributed by atoms with E-state index in [1.807, 2.05) is 25.9 Å². The number of hydrazone groups is 1. The van der Waals surface area contributed by atoms with Crippen molar-refractivity contribution in [1.29, 1.82) is 0 Å². The lowest BCUT2D eigenvalue weighted by atomic mass is 10.1. The summed E-state index contributed by atoms with van der Waals surface area (Å²) in [6.45, 7) is 2.04. The van der Waals surface area contributed by atoms with Crippen molar-refractivity contribution in [3.8, 4) is 0 Å². The summed E-state index contributed by atoms with van der Waals surface area (Å²) in [5.41, 5.74) is 1.95. The molecule has 0 unspecified atom stereocenters. The van der Waals surface area contributed by atoms with Crippen molar-refractivity contribution in [3.05, 3.63) is 41.9 Å². The molecule has 0 radical (unpaired) electrons. The molecule has 5 heteroatoms. The third-order valence-electron chi connectivity index (χ3n) is 2.90. The zero-order valence-electron chi connectivity index (χ0n) is 11.9. The van der Waals surface area contributed by atoms with Crippen LogP contribution in [0.5, 0.6) is 0 Å². The first-order chi connectivity index (χ1) is 9.52. The Bertz CT molecular complexity index is 561. The van der Waals surface area contributed by atoms with E-state index in [9.17, 15) is 9.18 Å². The molecule has 0 aromatic heterocycles. The fourth-order valence-electron chi connectivity index (χ4n) is 2.02. The summed E-state index contributed by atoms with van der Waals surface area (Å²) in [7, 11) is 3.73. The molecule has 2 rings (SSSR count). The van der Waals surface area contributed by atoms with Gasteiger partial charge in [0, 0.05) is 20.3 Å². The van der Waals surface area contributed by atoms with Gasteiger partial charge in [-0.15, -0.1) is 0 Å². The topological polar surface area (TPSA) is 35.9 Å². The van der Waals surface area contributed by atoms with Crippen LogP contribution in [0.4, 0.5) is 10.1 Å². The quantitative estimate of drug-likeness (QED) is 0.792. The molecule has 1 heterocycles. The van der Waals surface area contributed by atoms with Gasteiger partial charge < -0.3 is 4.90 Å². The van der Waals surface area contributed by atoms with E-state index in [2.05, 4.69) is 5.10 Å². The second-order valence-corrected chi connectivity index (χ2v) is 4.90. The zero-order chi connectivity index (χ0) is 14.7. The van der Waals surface area contributed by atoms with Crippen LogP contribution in [0.15, 0.2) is 41.1 Å². The average molecular weight is 275 g/mol. The predicted molar refractivity (Wildman–Crippen MR) is 78.0 cm³/mol. The molecule has 20 heavy (non-hydrogen) atoms. The lowest BCUT2D eigenvalue weighted by molar-refractivity contribution is -0.114. The maximum atomic E-state index is 13.0. The second-order valence-electron chi connectivity index (χ2n) is 4.90. The Morgan fingerprint density at radius 2 is 1.95 bits per heavy atom. The monoisotopic (exact) mass is 275 g/mol. The summed E-state index contributed by atoms with van der Waals surface area (Å²) >= 11 is 0. The highest BCUT2D eigenvalue weighted by molar-refractivity contribution is 6.30. The average Bonchev–Trinajstić information content (AvgIpc) is 2.69. The Morgan fingerprint density at radius 1 is 1.30 bits per heavy atom. The van der Waals surface area contributed by atoms with Crippen LogP contribution in [0.3, 0.4) is 0 Å². The summed E-state index contributed by atoms with van der Waals surface area (Å²) in [5.74, 6) is -0.504. The van der Waals surface area contributed by atoms with Crippen LogP contribution >= 0.6 is 0 Å². The minimum Gasteiger partial charge on any atom is -0.383 e. The summed E-state index contributed by atoms with van der Waals surface area (Å²) in [4.78, 5) is 14.3. The molecule has 1 amide bonds. The summed E-state index contributed by atoms with van der Waals surface area (Å²) in [6, 6.07) is 5.76. The number of nitrogens with zero attached hydrogens (tertiary/aromatic N) is 3. The molecule has 0 bridgehead atoms. The highest BCUT2D eigenvalue weighted by Gasteiger charge is 2.30. The number of anilines is 1. The van der Waals surface area contributed by atoms with Crippen LogP contribution in [0, 0.1) is 5.82 Å². The Kier molecular flexibility index (Phi) is 4.17. The highest BCUT2D eigenvalue weighted by Crippen LogP contribution is 2.25. The molecule has 1 aliphatic heterocycles. The molecule has 0 N–H and O–H groups in total. The number of amides is 1. The van der Waals surface area contributed by atoms with Crippen molar-refractivity contribution in [1.82, 2.24) is 4.90 Å². The van der Waals surface area contributed by atoms with Crippen molar-refractivity contribution in [2.45, 2.75) is 19.8 Å². The van der Waals surface area contributed by atoms with Crippen LogP contribution in [-0.2, 0) is 4.79 Å². The van der Waals surface area contributed by atoms with Crippen molar-refractivity contribution < 1.29 is 9.18 Å². The van der Waals surface area contributed by atoms with Gasteiger partial charge in [-0.1, -0.05) is 13.3 Å². The van der Waals surface area contributed by atoms with E-state index < -0.39 is 0 Å². The van der Waals surface area contributed by atoms with Gasteiger partial charge in [0.1, 0.15) is 5.82 Å². The van der Waals surface area contributed by atoms with Crippen LogP contribution < -0.4 is 5.01 Å². The second kappa shape index (κ2) is 5.86. The molecule has 4 nitrogen and oxygen atoms in total. The molecular weight excluding hydrogens is 257 g/mol. The van der Waals surface area contributed by atoms with Crippen LogP contribution in [0.25, 0.3) is 0 Å². The molecule has 0 aliphatic carbocycles. The molecule has 1 aromatic rings. The Morgan fingerprint density at radius 3 is 2.50 bits per heavy atom. The van der Waals surface area contributed by atoms with Gasteiger partial charge in [0.25, 0.3) is 5.91 Å². The Balaban J connectivity index is 2.36. The van der Waals surface area contributed by atoms with Gasteiger partial charge in [-0.05, 0) is 30.7 Å². The lowest BCUT2D eigenvalue weighted by Gasteiger charge is -2.12. The number of rotatable bonds is 4. The van der Waals surface area contributed by atoms with E-state index in [1.165, 1.54) is 17.1 Å². The Labute approximate surface area is 118 Å². The van der Waals surface area contributed by atoms with Crippen molar-refractivity contribution in [2.24, 2.45) is 5.10 Å². The first kappa shape index (κ1) is 14.2. The van der Waals surface area contributed by atoms with Gasteiger partial charge in [0.05, 0.1) is 17.0 Å². The van der Waals surface area contributed by atoms with Gasteiger partial charge in [-0.3, -0.25) is 4.79 Å². The SMILES string of the molecule is CCCC1=NN(c2ccc(F)cc2)C(=O)C1=CN(C)C. The summed E-state index contributed by atoms with van der Waals surface area (Å²) < 4.78 is 13.0. The molecule has 0 atom stereocenters. The molecule has 0 saturated carbocycles. The van der Waals surface area contributed by atoms with Crippen LogP contribution in [-0.4, -0.2) is 30.6 Å². The molecule has 0 fully saturated rings. The smallest absolute Gasteiger partial charge is 0.282 e. The Hall–Kier alpha value is -2.17. The molecule has 0 spiro atoms. The van der Waals surface area contributed by atoms with Crippen molar-refractivity contribution in [3.63, 3.8) is 0 Å². The lowest BCUT2D eigenvalue weighted by Crippen LogP contribution is -2.22. The number of carbonyl (C=O) groups excluding carboxylic acids is 1.